The molecule has 0 fully saturated rings. The van der Waals surface area contributed by atoms with Gasteiger partial charge in [-0.1, -0.05) is 27.7 Å². The van der Waals surface area contributed by atoms with Crippen molar-refractivity contribution in [1.82, 2.24) is 19.7 Å². The van der Waals surface area contributed by atoms with Crippen molar-refractivity contribution in [2.24, 2.45) is 17.8 Å². The van der Waals surface area contributed by atoms with E-state index in [0.717, 1.165) is 12.4 Å². The second kappa shape index (κ2) is 6.56. The molecule has 2 aromatic heterocycles. The maximum absolute atomic E-state index is 5.79. The lowest BCUT2D eigenvalue weighted by Crippen LogP contribution is -2.25. The molecule has 0 atom stereocenters. The monoisotopic (exact) mass is 288 g/mol. The number of hydrogen-bond donors (Lipinski definition) is 2. The summed E-state index contributed by atoms with van der Waals surface area (Å²) in [6.07, 6.45) is 3.54. The fourth-order valence-corrected chi connectivity index (χ4v) is 2.53. The van der Waals surface area contributed by atoms with Gasteiger partial charge in [0.15, 0.2) is 5.82 Å². The molecule has 3 N–H and O–H groups in total. The molecular weight excluding hydrogens is 264 g/mol. The van der Waals surface area contributed by atoms with Gasteiger partial charge < -0.3 is 11.1 Å². The van der Waals surface area contributed by atoms with Gasteiger partial charge in [0.2, 0.25) is 5.95 Å². The Hall–Kier alpha value is -2.11. The van der Waals surface area contributed by atoms with Crippen molar-refractivity contribution in [2.45, 2.75) is 27.7 Å². The van der Waals surface area contributed by atoms with Crippen LogP contribution in [0.2, 0.25) is 0 Å². The van der Waals surface area contributed by atoms with Crippen molar-refractivity contribution >= 4 is 11.8 Å². The Bertz CT molecular complexity index is 554. The maximum Gasteiger partial charge on any atom is 0.224 e. The van der Waals surface area contributed by atoms with Crippen LogP contribution in [-0.4, -0.2) is 26.3 Å². The zero-order valence-corrected chi connectivity index (χ0v) is 13.1. The fraction of sp³-hybridized carbons (Fsp3) is 0.533. The van der Waals surface area contributed by atoms with Gasteiger partial charge in [0.25, 0.3) is 0 Å². The van der Waals surface area contributed by atoms with Gasteiger partial charge in [-0.25, -0.2) is 4.68 Å². The van der Waals surface area contributed by atoms with Gasteiger partial charge in [0.05, 0.1) is 0 Å². The van der Waals surface area contributed by atoms with Crippen LogP contribution < -0.4 is 11.1 Å². The molecule has 0 bridgehead atoms. The normalized spacial score (nSPS) is 11.6. The van der Waals surface area contributed by atoms with Crippen LogP contribution in [0.25, 0.3) is 5.82 Å². The van der Waals surface area contributed by atoms with Crippen molar-refractivity contribution in [2.75, 3.05) is 17.6 Å². The minimum Gasteiger partial charge on any atom is -0.370 e. The molecule has 2 rings (SSSR count). The number of hydrogen-bond acceptors (Lipinski definition) is 5. The summed E-state index contributed by atoms with van der Waals surface area (Å²) in [6.45, 7) is 9.85. The molecule has 6 heteroatoms. The first-order chi connectivity index (χ1) is 9.97. The van der Waals surface area contributed by atoms with Crippen LogP contribution in [0.4, 0.5) is 11.8 Å². The average Bonchev–Trinajstić information content (AvgIpc) is 2.91. The van der Waals surface area contributed by atoms with Crippen molar-refractivity contribution in [3.05, 3.63) is 24.5 Å². The lowest BCUT2D eigenvalue weighted by molar-refractivity contribution is 0.304. The minimum absolute atomic E-state index is 0.246. The van der Waals surface area contributed by atoms with E-state index in [0.29, 0.717) is 23.6 Å². The third kappa shape index (κ3) is 3.93. The van der Waals surface area contributed by atoms with Gasteiger partial charge in [0, 0.05) is 25.0 Å². The van der Waals surface area contributed by atoms with Gasteiger partial charge in [-0.05, 0) is 23.8 Å². The topological polar surface area (TPSA) is 81.7 Å². The average molecular weight is 288 g/mol. The standard InChI is InChI=1S/C15H24N6/c1-10(2)12(11(3)4)9-17-13-8-14(20-15(16)19-13)21-7-5-6-18-21/h5-8,10-12H,9H2,1-4H3,(H3,16,17,19,20). The highest BCUT2D eigenvalue weighted by Gasteiger charge is 2.17. The Labute approximate surface area is 125 Å². The van der Waals surface area contributed by atoms with Crippen LogP contribution >= 0.6 is 0 Å². The summed E-state index contributed by atoms with van der Waals surface area (Å²) in [5.41, 5.74) is 5.79. The van der Waals surface area contributed by atoms with E-state index in [1.54, 1.807) is 10.9 Å². The van der Waals surface area contributed by atoms with E-state index in [1.165, 1.54) is 0 Å². The molecule has 21 heavy (non-hydrogen) atoms. The lowest BCUT2D eigenvalue weighted by atomic mass is 9.85. The number of nitrogens with zero attached hydrogens (tertiary/aromatic N) is 4. The second-order valence-electron chi connectivity index (χ2n) is 5.95. The molecule has 0 saturated carbocycles. The number of rotatable bonds is 6. The Morgan fingerprint density at radius 3 is 2.48 bits per heavy atom. The lowest BCUT2D eigenvalue weighted by Gasteiger charge is -2.25. The fourth-order valence-electron chi connectivity index (χ4n) is 2.53. The Balaban J connectivity index is 2.13. The molecule has 2 heterocycles. The number of nitrogen functional groups attached to an aromatic ring is 1. The van der Waals surface area contributed by atoms with Crippen molar-refractivity contribution in [1.29, 1.82) is 0 Å². The molecule has 0 aliphatic heterocycles. The zero-order valence-electron chi connectivity index (χ0n) is 13.1. The van der Waals surface area contributed by atoms with Crippen LogP contribution in [0.1, 0.15) is 27.7 Å². The van der Waals surface area contributed by atoms with Gasteiger partial charge in [-0.3, -0.25) is 0 Å². The zero-order chi connectivity index (χ0) is 15.4. The second-order valence-corrected chi connectivity index (χ2v) is 5.95. The molecule has 114 valence electrons. The van der Waals surface area contributed by atoms with E-state index >= 15 is 0 Å². The van der Waals surface area contributed by atoms with Crippen LogP contribution in [-0.2, 0) is 0 Å². The van der Waals surface area contributed by atoms with Crippen molar-refractivity contribution in [3.8, 4) is 5.82 Å². The van der Waals surface area contributed by atoms with E-state index in [4.69, 9.17) is 5.73 Å². The molecule has 0 radical (unpaired) electrons. The summed E-state index contributed by atoms with van der Waals surface area (Å²) in [5.74, 6) is 3.45. The highest BCUT2D eigenvalue weighted by molar-refractivity contribution is 5.45. The SMILES string of the molecule is CC(C)C(CNc1cc(-n2cccn2)nc(N)n1)C(C)C. The Morgan fingerprint density at radius 1 is 1.19 bits per heavy atom. The molecular formula is C15H24N6. The summed E-state index contributed by atoms with van der Waals surface area (Å²) in [6, 6.07) is 3.71. The first-order valence-electron chi connectivity index (χ1n) is 7.35. The van der Waals surface area contributed by atoms with E-state index in [1.807, 2.05) is 18.3 Å². The van der Waals surface area contributed by atoms with E-state index in [9.17, 15) is 0 Å². The van der Waals surface area contributed by atoms with Crippen LogP contribution in [0.15, 0.2) is 24.5 Å². The summed E-state index contributed by atoms with van der Waals surface area (Å²) in [5, 5.41) is 7.54. The van der Waals surface area contributed by atoms with Gasteiger partial charge in [0.1, 0.15) is 5.82 Å². The minimum atomic E-state index is 0.246. The molecule has 6 nitrogen and oxygen atoms in total. The first-order valence-corrected chi connectivity index (χ1v) is 7.35. The highest BCUT2D eigenvalue weighted by Crippen LogP contribution is 2.21. The number of nitrogens with two attached hydrogens (primary N) is 1. The quantitative estimate of drug-likeness (QED) is 0.853. The van der Waals surface area contributed by atoms with E-state index in [-0.39, 0.29) is 5.95 Å². The Morgan fingerprint density at radius 2 is 1.90 bits per heavy atom. The molecule has 0 aromatic carbocycles. The number of nitrogens with one attached hydrogen (secondary N) is 1. The molecule has 0 amide bonds. The highest BCUT2D eigenvalue weighted by atomic mass is 15.3. The predicted octanol–water partition coefficient (Wildman–Crippen LogP) is 2.58. The summed E-state index contributed by atoms with van der Waals surface area (Å²) < 4.78 is 1.67. The van der Waals surface area contributed by atoms with Crippen molar-refractivity contribution < 1.29 is 0 Å². The van der Waals surface area contributed by atoms with E-state index in [2.05, 4.69) is 48.1 Å². The number of anilines is 2. The molecule has 0 aliphatic carbocycles. The van der Waals surface area contributed by atoms with E-state index < -0.39 is 0 Å². The molecule has 0 unspecified atom stereocenters. The maximum atomic E-state index is 5.79. The van der Waals surface area contributed by atoms with Crippen LogP contribution in [0.5, 0.6) is 0 Å². The smallest absolute Gasteiger partial charge is 0.224 e. The van der Waals surface area contributed by atoms with Crippen LogP contribution in [0, 0.1) is 17.8 Å². The molecule has 0 saturated heterocycles. The largest absolute Gasteiger partial charge is 0.370 e. The molecule has 2 aromatic rings. The number of aromatic nitrogens is 4. The predicted molar refractivity (Wildman–Crippen MR) is 85.2 cm³/mol. The van der Waals surface area contributed by atoms with Gasteiger partial charge in [-0.2, -0.15) is 15.1 Å². The van der Waals surface area contributed by atoms with Crippen molar-refractivity contribution in [3.63, 3.8) is 0 Å². The first kappa shape index (κ1) is 15.3. The van der Waals surface area contributed by atoms with Crippen LogP contribution in [0.3, 0.4) is 0 Å². The third-order valence-electron chi connectivity index (χ3n) is 3.70. The summed E-state index contributed by atoms with van der Waals surface area (Å²) in [4.78, 5) is 8.45. The van der Waals surface area contributed by atoms with Gasteiger partial charge >= 0.3 is 0 Å². The Kier molecular flexibility index (Phi) is 4.77. The van der Waals surface area contributed by atoms with Gasteiger partial charge in [-0.15, -0.1) is 0 Å². The molecule has 0 aliphatic rings. The molecule has 0 spiro atoms. The third-order valence-corrected chi connectivity index (χ3v) is 3.70. The summed E-state index contributed by atoms with van der Waals surface area (Å²) >= 11 is 0. The summed E-state index contributed by atoms with van der Waals surface area (Å²) in [7, 11) is 0.